The van der Waals surface area contributed by atoms with Crippen LogP contribution in [0.5, 0.6) is 11.5 Å². The molecule has 0 aliphatic rings. The van der Waals surface area contributed by atoms with Gasteiger partial charge in [-0.1, -0.05) is 18.2 Å². The molecule has 1 amide bonds. The van der Waals surface area contributed by atoms with Crippen molar-refractivity contribution < 1.29 is 14.3 Å². The number of likely N-dealkylation sites (N-methyl/N-ethyl adjacent to an activating group) is 2. The van der Waals surface area contributed by atoms with E-state index in [9.17, 15) is 4.79 Å². The second-order valence-electron chi connectivity index (χ2n) is 7.14. The summed E-state index contributed by atoms with van der Waals surface area (Å²) in [4.78, 5) is 25.4. The zero-order valence-electron chi connectivity index (χ0n) is 17.9. The van der Waals surface area contributed by atoms with Crippen LogP contribution >= 0.6 is 0 Å². The topological polar surface area (TPSA) is 93.8 Å². The Kier molecular flexibility index (Phi) is 6.25. The Labute approximate surface area is 176 Å². The summed E-state index contributed by atoms with van der Waals surface area (Å²) in [6.07, 6.45) is 0. The Morgan fingerprint density at radius 2 is 1.70 bits per heavy atom. The highest BCUT2D eigenvalue weighted by Gasteiger charge is 2.20. The third kappa shape index (κ3) is 4.22. The fourth-order valence-corrected chi connectivity index (χ4v) is 3.22. The van der Waals surface area contributed by atoms with Gasteiger partial charge in [-0.3, -0.25) is 4.79 Å². The van der Waals surface area contributed by atoms with Crippen molar-refractivity contribution in [2.75, 3.05) is 45.5 Å². The summed E-state index contributed by atoms with van der Waals surface area (Å²) in [6, 6.07) is 12.7. The van der Waals surface area contributed by atoms with Gasteiger partial charge in [0.15, 0.2) is 11.5 Å². The first-order chi connectivity index (χ1) is 14.3. The number of carbonyl (C=O) groups excluding carboxylic acids is 1. The second-order valence-corrected chi connectivity index (χ2v) is 7.14. The summed E-state index contributed by atoms with van der Waals surface area (Å²) >= 11 is 0. The molecule has 1 atom stereocenters. The van der Waals surface area contributed by atoms with E-state index >= 15 is 0 Å². The zero-order chi connectivity index (χ0) is 21.8. The third-order valence-corrected chi connectivity index (χ3v) is 5.10. The normalized spacial score (nSPS) is 11.8. The molecule has 0 spiro atoms. The number of ether oxygens (including phenoxy) is 2. The Bertz CT molecular complexity index is 1040. The lowest BCUT2D eigenvalue weighted by molar-refractivity contribution is 0.0747. The molecular weight excluding hydrogens is 382 g/mol. The van der Waals surface area contributed by atoms with Gasteiger partial charge < -0.3 is 25.0 Å². The summed E-state index contributed by atoms with van der Waals surface area (Å²) in [5.41, 5.74) is 7.50. The van der Waals surface area contributed by atoms with Crippen LogP contribution in [0.25, 0.3) is 10.9 Å². The molecule has 1 unspecified atom stereocenters. The number of methoxy groups -OCH3 is 2. The number of nitrogens with zero attached hydrogens (tertiary/aromatic N) is 4. The summed E-state index contributed by atoms with van der Waals surface area (Å²) in [5, 5.41) is 0.689. The minimum Gasteiger partial charge on any atom is -0.493 e. The van der Waals surface area contributed by atoms with E-state index in [1.165, 1.54) is 0 Å². The maximum atomic E-state index is 12.7. The van der Waals surface area contributed by atoms with Gasteiger partial charge in [0.25, 0.3) is 5.91 Å². The maximum Gasteiger partial charge on any atom is 0.253 e. The number of nitrogen functional groups attached to an aromatic ring is 1. The number of carbonyl (C=O) groups is 1. The van der Waals surface area contributed by atoms with Gasteiger partial charge in [-0.15, -0.1) is 0 Å². The van der Waals surface area contributed by atoms with E-state index in [-0.39, 0.29) is 11.9 Å². The predicted molar refractivity (Wildman–Crippen MR) is 118 cm³/mol. The number of fused-ring (bicyclic) bond motifs is 1. The molecule has 8 heteroatoms. The first-order valence-corrected chi connectivity index (χ1v) is 9.58. The molecule has 0 bridgehead atoms. The standard InChI is InChI=1S/C22H27N5O3/c1-14(27(3)21(28)15-9-7-6-8-10-15)13-26(2)22-24-17-12-19(30-5)18(29-4)11-16(17)20(23)25-22/h6-12,14H,13H2,1-5H3,(H2,23,24,25). The highest BCUT2D eigenvalue weighted by molar-refractivity contribution is 5.94. The van der Waals surface area contributed by atoms with Gasteiger partial charge in [0.2, 0.25) is 5.95 Å². The van der Waals surface area contributed by atoms with Gasteiger partial charge in [0.1, 0.15) is 5.82 Å². The molecule has 0 radical (unpaired) electrons. The van der Waals surface area contributed by atoms with E-state index in [4.69, 9.17) is 15.2 Å². The van der Waals surface area contributed by atoms with Gasteiger partial charge in [-0.05, 0) is 25.1 Å². The average molecular weight is 409 g/mol. The number of aromatic nitrogens is 2. The number of amides is 1. The molecule has 0 aliphatic heterocycles. The molecule has 1 aromatic heterocycles. The quantitative estimate of drug-likeness (QED) is 0.641. The highest BCUT2D eigenvalue weighted by Crippen LogP contribution is 2.34. The van der Waals surface area contributed by atoms with Crippen LogP contribution in [0.4, 0.5) is 11.8 Å². The largest absolute Gasteiger partial charge is 0.493 e. The van der Waals surface area contributed by atoms with Crippen LogP contribution in [-0.2, 0) is 0 Å². The van der Waals surface area contributed by atoms with Crippen molar-refractivity contribution in [2.45, 2.75) is 13.0 Å². The Morgan fingerprint density at radius 1 is 1.07 bits per heavy atom. The molecule has 0 saturated heterocycles. The summed E-state index contributed by atoms with van der Waals surface area (Å²) in [7, 11) is 6.80. The predicted octanol–water partition coefficient (Wildman–Crippen LogP) is 2.83. The van der Waals surface area contributed by atoms with Crippen molar-refractivity contribution in [2.24, 2.45) is 0 Å². The molecule has 3 aromatic rings. The number of benzene rings is 2. The minimum absolute atomic E-state index is 0.0349. The van der Waals surface area contributed by atoms with E-state index in [2.05, 4.69) is 9.97 Å². The number of hydrogen-bond donors (Lipinski definition) is 1. The Balaban J connectivity index is 1.82. The fraction of sp³-hybridized carbons (Fsp3) is 0.318. The van der Waals surface area contributed by atoms with E-state index in [0.717, 1.165) is 0 Å². The molecule has 1 heterocycles. The van der Waals surface area contributed by atoms with Crippen LogP contribution in [-0.4, -0.2) is 61.7 Å². The van der Waals surface area contributed by atoms with Crippen LogP contribution in [0.15, 0.2) is 42.5 Å². The average Bonchev–Trinajstić information content (AvgIpc) is 2.77. The number of rotatable bonds is 7. The number of anilines is 2. The lowest BCUT2D eigenvalue weighted by atomic mass is 10.1. The summed E-state index contributed by atoms with van der Waals surface area (Å²) < 4.78 is 10.7. The second kappa shape index (κ2) is 8.86. The van der Waals surface area contributed by atoms with Crippen molar-refractivity contribution >= 4 is 28.6 Å². The molecule has 3 rings (SSSR count). The Morgan fingerprint density at radius 3 is 2.33 bits per heavy atom. The van der Waals surface area contributed by atoms with Crippen molar-refractivity contribution in [1.82, 2.24) is 14.9 Å². The van der Waals surface area contributed by atoms with Gasteiger partial charge in [0.05, 0.1) is 19.7 Å². The van der Waals surface area contributed by atoms with Crippen LogP contribution < -0.4 is 20.1 Å². The molecule has 0 fully saturated rings. The third-order valence-electron chi connectivity index (χ3n) is 5.10. The summed E-state index contributed by atoms with van der Waals surface area (Å²) in [6.45, 7) is 2.52. The van der Waals surface area contributed by atoms with Gasteiger partial charge in [-0.25, -0.2) is 4.98 Å². The smallest absolute Gasteiger partial charge is 0.253 e. The van der Waals surface area contributed by atoms with Gasteiger partial charge >= 0.3 is 0 Å². The van der Waals surface area contributed by atoms with E-state index in [1.807, 2.05) is 49.2 Å². The highest BCUT2D eigenvalue weighted by atomic mass is 16.5. The van der Waals surface area contributed by atoms with Crippen LogP contribution in [0.3, 0.4) is 0 Å². The molecule has 2 aromatic carbocycles. The molecular formula is C22H27N5O3. The van der Waals surface area contributed by atoms with Gasteiger partial charge in [0, 0.05) is 43.7 Å². The van der Waals surface area contributed by atoms with Crippen LogP contribution in [0.2, 0.25) is 0 Å². The first kappa shape index (κ1) is 21.2. The van der Waals surface area contributed by atoms with Crippen molar-refractivity contribution in [3.05, 3.63) is 48.0 Å². The number of nitrogens with two attached hydrogens (primary N) is 1. The van der Waals surface area contributed by atoms with Crippen molar-refractivity contribution in [1.29, 1.82) is 0 Å². The van der Waals surface area contributed by atoms with E-state index < -0.39 is 0 Å². The Hall–Kier alpha value is -3.55. The minimum atomic E-state index is -0.0753. The molecule has 30 heavy (non-hydrogen) atoms. The molecule has 8 nitrogen and oxygen atoms in total. The monoisotopic (exact) mass is 409 g/mol. The van der Waals surface area contributed by atoms with Crippen LogP contribution in [0.1, 0.15) is 17.3 Å². The maximum absolute atomic E-state index is 12.7. The van der Waals surface area contributed by atoms with E-state index in [1.54, 1.807) is 38.3 Å². The van der Waals surface area contributed by atoms with Gasteiger partial charge in [-0.2, -0.15) is 4.98 Å². The summed E-state index contributed by atoms with van der Waals surface area (Å²) in [5.74, 6) is 1.92. The SMILES string of the molecule is COc1cc2nc(N(C)CC(C)N(C)C(=O)c3ccccc3)nc(N)c2cc1OC. The lowest BCUT2D eigenvalue weighted by Crippen LogP contribution is -2.42. The first-order valence-electron chi connectivity index (χ1n) is 9.58. The van der Waals surface area contributed by atoms with Crippen molar-refractivity contribution in [3.8, 4) is 11.5 Å². The lowest BCUT2D eigenvalue weighted by Gasteiger charge is -2.29. The molecule has 0 aliphatic carbocycles. The number of hydrogen-bond acceptors (Lipinski definition) is 7. The molecule has 0 saturated carbocycles. The van der Waals surface area contributed by atoms with E-state index in [0.29, 0.717) is 46.3 Å². The van der Waals surface area contributed by atoms with Crippen molar-refractivity contribution in [3.63, 3.8) is 0 Å². The zero-order valence-corrected chi connectivity index (χ0v) is 17.9. The molecule has 2 N–H and O–H groups in total. The van der Waals surface area contributed by atoms with Crippen LogP contribution in [0, 0.1) is 0 Å². The fourth-order valence-electron chi connectivity index (χ4n) is 3.22. The molecule has 158 valence electrons.